The highest BCUT2D eigenvalue weighted by Crippen LogP contribution is 2.44. The zero-order valence-corrected chi connectivity index (χ0v) is 6.97. The van der Waals surface area contributed by atoms with Crippen molar-refractivity contribution in [2.24, 2.45) is 17.8 Å². The normalized spacial score (nSPS) is 47.1. The van der Waals surface area contributed by atoms with Crippen LogP contribution in [0.25, 0.3) is 0 Å². The standard InChI is InChI=1S/C10H18/c1-8-9-4-2-3-5-10(8)7-6-9/h8-10H,2-7H2,1H3. The molecule has 0 aliphatic heterocycles. The molecule has 0 saturated heterocycles. The van der Waals surface area contributed by atoms with Crippen LogP contribution in [0.1, 0.15) is 45.4 Å². The zero-order chi connectivity index (χ0) is 6.97. The molecule has 2 aliphatic rings. The fraction of sp³-hybridized carbons (Fsp3) is 1.00. The summed E-state index contributed by atoms with van der Waals surface area (Å²) in [5.41, 5.74) is 0. The Hall–Kier alpha value is 0. The highest BCUT2D eigenvalue weighted by Gasteiger charge is 2.33. The van der Waals surface area contributed by atoms with Gasteiger partial charge in [0.05, 0.1) is 0 Å². The highest BCUT2D eigenvalue weighted by molar-refractivity contribution is 4.84. The third kappa shape index (κ3) is 0.980. The van der Waals surface area contributed by atoms with Gasteiger partial charge in [-0.05, 0) is 30.6 Å². The lowest BCUT2D eigenvalue weighted by Gasteiger charge is -2.15. The van der Waals surface area contributed by atoms with Crippen molar-refractivity contribution in [3.63, 3.8) is 0 Å². The molecule has 2 unspecified atom stereocenters. The van der Waals surface area contributed by atoms with Gasteiger partial charge in [-0.3, -0.25) is 0 Å². The fourth-order valence-corrected chi connectivity index (χ4v) is 2.97. The summed E-state index contributed by atoms with van der Waals surface area (Å²) >= 11 is 0. The van der Waals surface area contributed by atoms with E-state index in [9.17, 15) is 0 Å². The predicted octanol–water partition coefficient (Wildman–Crippen LogP) is 3.22. The van der Waals surface area contributed by atoms with Crippen molar-refractivity contribution >= 4 is 0 Å². The molecule has 2 atom stereocenters. The molecule has 2 fully saturated rings. The van der Waals surface area contributed by atoms with Crippen LogP contribution in [0.3, 0.4) is 0 Å². The van der Waals surface area contributed by atoms with Crippen molar-refractivity contribution in [1.82, 2.24) is 0 Å². The van der Waals surface area contributed by atoms with Gasteiger partial charge in [0.1, 0.15) is 0 Å². The van der Waals surface area contributed by atoms with Gasteiger partial charge in [0.15, 0.2) is 0 Å². The Bertz CT molecular complexity index is 103. The molecule has 0 nitrogen and oxygen atoms in total. The van der Waals surface area contributed by atoms with Crippen molar-refractivity contribution < 1.29 is 0 Å². The Kier molecular flexibility index (Phi) is 1.71. The highest BCUT2D eigenvalue weighted by atomic mass is 14.4. The summed E-state index contributed by atoms with van der Waals surface area (Å²) in [5.74, 6) is 3.31. The van der Waals surface area contributed by atoms with E-state index in [0.29, 0.717) is 0 Å². The minimum Gasteiger partial charge on any atom is -0.0620 e. The Morgan fingerprint density at radius 1 is 0.800 bits per heavy atom. The van der Waals surface area contributed by atoms with Crippen molar-refractivity contribution in [2.45, 2.75) is 45.4 Å². The molecule has 0 spiro atoms. The lowest BCUT2D eigenvalue weighted by Crippen LogP contribution is -2.07. The minimum atomic E-state index is 1.07. The molecule has 2 rings (SSSR count). The lowest BCUT2D eigenvalue weighted by molar-refractivity contribution is 0.345. The predicted molar refractivity (Wildman–Crippen MR) is 43.8 cm³/mol. The van der Waals surface area contributed by atoms with Gasteiger partial charge in [-0.2, -0.15) is 0 Å². The molecule has 10 heavy (non-hydrogen) atoms. The SMILES string of the molecule is CC1C2CCCCC1CC2. The van der Waals surface area contributed by atoms with E-state index in [1.807, 2.05) is 0 Å². The second-order valence-corrected chi connectivity index (χ2v) is 4.24. The van der Waals surface area contributed by atoms with Crippen LogP contribution in [0.5, 0.6) is 0 Å². The minimum absolute atomic E-state index is 1.07. The molecule has 2 aliphatic carbocycles. The molecule has 0 N–H and O–H groups in total. The molecule has 0 amide bonds. The first kappa shape index (κ1) is 6.69. The first-order valence-electron chi connectivity index (χ1n) is 4.88. The summed E-state index contributed by atoms with van der Waals surface area (Å²) in [4.78, 5) is 0. The van der Waals surface area contributed by atoms with Crippen molar-refractivity contribution in [3.8, 4) is 0 Å². The number of fused-ring (bicyclic) bond motifs is 2. The number of hydrogen-bond donors (Lipinski definition) is 0. The van der Waals surface area contributed by atoms with Gasteiger partial charge in [-0.1, -0.05) is 32.6 Å². The topological polar surface area (TPSA) is 0 Å². The number of hydrogen-bond acceptors (Lipinski definition) is 0. The number of rotatable bonds is 0. The average Bonchev–Trinajstić information content (AvgIpc) is 2.06. The quantitative estimate of drug-likeness (QED) is 0.482. The molecular weight excluding hydrogens is 120 g/mol. The molecule has 0 heteroatoms. The average molecular weight is 138 g/mol. The molecule has 2 saturated carbocycles. The zero-order valence-electron chi connectivity index (χ0n) is 6.97. The molecule has 0 aromatic rings. The van der Waals surface area contributed by atoms with E-state index in [0.717, 1.165) is 17.8 Å². The van der Waals surface area contributed by atoms with Crippen LogP contribution >= 0.6 is 0 Å². The first-order chi connectivity index (χ1) is 4.88. The molecular formula is C10H18. The van der Waals surface area contributed by atoms with E-state index in [-0.39, 0.29) is 0 Å². The van der Waals surface area contributed by atoms with Crippen LogP contribution < -0.4 is 0 Å². The Morgan fingerprint density at radius 2 is 1.30 bits per heavy atom. The maximum Gasteiger partial charge on any atom is -0.0386 e. The maximum absolute atomic E-state index is 2.48. The van der Waals surface area contributed by atoms with Crippen LogP contribution in [-0.2, 0) is 0 Å². The van der Waals surface area contributed by atoms with Crippen LogP contribution in [0, 0.1) is 17.8 Å². The van der Waals surface area contributed by atoms with Crippen LogP contribution in [-0.4, -0.2) is 0 Å². The molecule has 2 bridgehead atoms. The van der Waals surface area contributed by atoms with E-state index < -0.39 is 0 Å². The van der Waals surface area contributed by atoms with Crippen LogP contribution in [0.15, 0.2) is 0 Å². The van der Waals surface area contributed by atoms with Crippen LogP contribution in [0.4, 0.5) is 0 Å². The van der Waals surface area contributed by atoms with E-state index >= 15 is 0 Å². The Labute approximate surface area is 64.0 Å². The first-order valence-corrected chi connectivity index (χ1v) is 4.88. The molecule has 0 aromatic carbocycles. The smallest absolute Gasteiger partial charge is 0.0386 e. The van der Waals surface area contributed by atoms with Crippen molar-refractivity contribution in [1.29, 1.82) is 0 Å². The third-order valence-corrected chi connectivity index (χ3v) is 3.80. The van der Waals surface area contributed by atoms with Gasteiger partial charge in [0.2, 0.25) is 0 Å². The van der Waals surface area contributed by atoms with Gasteiger partial charge in [0.25, 0.3) is 0 Å². The van der Waals surface area contributed by atoms with Crippen LogP contribution in [0.2, 0.25) is 0 Å². The maximum atomic E-state index is 2.48. The third-order valence-electron chi connectivity index (χ3n) is 3.80. The summed E-state index contributed by atoms with van der Waals surface area (Å²) in [7, 11) is 0. The van der Waals surface area contributed by atoms with Gasteiger partial charge in [0, 0.05) is 0 Å². The second-order valence-electron chi connectivity index (χ2n) is 4.24. The van der Waals surface area contributed by atoms with Gasteiger partial charge >= 0.3 is 0 Å². The molecule has 0 aromatic heterocycles. The van der Waals surface area contributed by atoms with E-state index in [4.69, 9.17) is 0 Å². The van der Waals surface area contributed by atoms with E-state index in [1.54, 1.807) is 12.8 Å². The van der Waals surface area contributed by atoms with Gasteiger partial charge in [-0.15, -0.1) is 0 Å². The molecule has 0 radical (unpaired) electrons. The molecule has 58 valence electrons. The van der Waals surface area contributed by atoms with E-state index in [2.05, 4.69) is 6.92 Å². The van der Waals surface area contributed by atoms with Crippen molar-refractivity contribution in [2.75, 3.05) is 0 Å². The summed E-state index contributed by atoms with van der Waals surface area (Å²) in [6.07, 6.45) is 9.21. The molecule has 0 heterocycles. The Morgan fingerprint density at radius 3 is 1.80 bits per heavy atom. The fourth-order valence-electron chi connectivity index (χ4n) is 2.97. The van der Waals surface area contributed by atoms with E-state index in [1.165, 1.54) is 25.7 Å². The second kappa shape index (κ2) is 2.56. The van der Waals surface area contributed by atoms with Crippen molar-refractivity contribution in [3.05, 3.63) is 0 Å². The van der Waals surface area contributed by atoms with Gasteiger partial charge in [-0.25, -0.2) is 0 Å². The lowest BCUT2D eigenvalue weighted by atomic mass is 9.91. The summed E-state index contributed by atoms with van der Waals surface area (Å²) in [5, 5.41) is 0. The summed E-state index contributed by atoms with van der Waals surface area (Å²) < 4.78 is 0. The summed E-state index contributed by atoms with van der Waals surface area (Å²) in [6, 6.07) is 0. The van der Waals surface area contributed by atoms with Gasteiger partial charge < -0.3 is 0 Å². The largest absolute Gasteiger partial charge is 0.0620 e. The Balaban J connectivity index is 2.07. The monoisotopic (exact) mass is 138 g/mol. The summed E-state index contributed by atoms with van der Waals surface area (Å²) in [6.45, 7) is 2.48.